The maximum Gasteiger partial charge on any atom is 0.279 e. The smallest absolute Gasteiger partial charge is 0.279 e. The fourth-order valence-electron chi connectivity index (χ4n) is 4.86. The molecular formula is C27H29ClN6O3S. The number of aromatic nitrogens is 4. The molecule has 4 heterocycles. The average Bonchev–Trinajstić information content (AvgIpc) is 3.31. The minimum Gasteiger partial charge on any atom is -0.491 e. The maximum atomic E-state index is 13.2. The summed E-state index contributed by atoms with van der Waals surface area (Å²) in [6.07, 6.45) is 2.58. The van der Waals surface area contributed by atoms with E-state index in [-0.39, 0.29) is 18.1 Å². The van der Waals surface area contributed by atoms with Gasteiger partial charge in [0.15, 0.2) is 0 Å². The molecule has 0 saturated carbocycles. The van der Waals surface area contributed by atoms with Crippen molar-refractivity contribution in [1.29, 1.82) is 0 Å². The number of fused-ring (bicyclic) bond motifs is 2. The van der Waals surface area contributed by atoms with Crippen molar-refractivity contribution in [2.45, 2.75) is 33.4 Å². The quantitative estimate of drug-likeness (QED) is 0.347. The summed E-state index contributed by atoms with van der Waals surface area (Å²) in [6, 6.07) is 11.0. The zero-order valence-corrected chi connectivity index (χ0v) is 23.3. The minimum atomic E-state index is -0.227. The van der Waals surface area contributed by atoms with Crippen LogP contribution in [0.5, 0.6) is 5.75 Å². The van der Waals surface area contributed by atoms with E-state index in [0.717, 1.165) is 46.6 Å². The SMILES string of the molecule is CSNC(=O)c1ccc2c(-c3cc(Cl)ccc3OCCn3c(C)nc4c(c3=O)CN(C)CC4)cc(C)nn12. The van der Waals surface area contributed by atoms with E-state index < -0.39 is 0 Å². The number of amides is 1. The average molecular weight is 553 g/mol. The molecule has 0 spiro atoms. The number of hydrogen-bond donors (Lipinski definition) is 1. The van der Waals surface area contributed by atoms with Crippen LogP contribution in [-0.4, -0.2) is 56.4 Å². The number of carbonyl (C=O) groups is 1. The van der Waals surface area contributed by atoms with Gasteiger partial charge in [0.05, 0.1) is 29.0 Å². The minimum absolute atomic E-state index is 0.00493. The Hall–Kier alpha value is -3.34. The Morgan fingerprint density at radius 3 is 2.79 bits per heavy atom. The van der Waals surface area contributed by atoms with Gasteiger partial charge in [0.25, 0.3) is 11.5 Å². The van der Waals surface area contributed by atoms with Crippen LogP contribution >= 0.6 is 23.5 Å². The van der Waals surface area contributed by atoms with Gasteiger partial charge in [-0.3, -0.25) is 18.9 Å². The highest BCUT2D eigenvalue weighted by molar-refractivity contribution is 7.97. The molecule has 9 nitrogen and oxygen atoms in total. The number of nitrogens with zero attached hydrogens (tertiary/aromatic N) is 5. The van der Waals surface area contributed by atoms with Crippen LogP contribution in [0.2, 0.25) is 5.02 Å². The lowest BCUT2D eigenvalue weighted by molar-refractivity contribution is 0.0978. The predicted molar refractivity (Wildman–Crippen MR) is 150 cm³/mol. The lowest BCUT2D eigenvalue weighted by Gasteiger charge is -2.25. The van der Waals surface area contributed by atoms with Crippen LogP contribution in [0.4, 0.5) is 0 Å². The van der Waals surface area contributed by atoms with Crippen molar-refractivity contribution in [3.8, 4) is 16.9 Å². The number of likely N-dealkylation sites (N-methyl/N-ethyl adjacent to an activating group) is 1. The monoisotopic (exact) mass is 552 g/mol. The Labute approximate surface area is 229 Å². The van der Waals surface area contributed by atoms with Crippen molar-refractivity contribution < 1.29 is 9.53 Å². The molecule has 3 aromatic heterocycles. The van der Waals surface area contributed by atoms with Crippen molar-refractivity contribution in [1.82, 2.24) is 28.8 Å². The van der Waals surface area contributed by atoms with E-state index in [0.29, 0.717) is 35.4 Å². The van der Waals surface area contributed by atoms with Gasteiger partial charge < -0.3 is 9.64 Å². The zero-order valence-electron chi connectivity index (χ0n) is 21.7. The van der Waals surface area contributed by atoms with Gasteiger partial charge in [0, 0.05) is 41.9 Å². The highest BCUT2D eigenvalue weighted by Crippen LogP contribution is 2.36. The van der Waals surface area contributed by atoms with Crippen molar-refractivity contribution in [2.24, 2.45) is 0 Å². The lowest BCUT2D eigenvalue weighted by atomic mass is 10.0. The number of benzene rings is 1. The van der Waals surface area contributed by atoms with E-state index in [4.69, 9.17) is 21.3 Å². The molecule has 1 N–H and O–H groups in total. The van der Waals surface area contributed by atoms with Crippen LogP contribution in [0.25, 0.3) is 16.6 Å². The molecule has 1 aliphatic heterocycles. The van der Waals surface area contributed by atoms with Crippen molar-refractivity contribution in [3.05, 3.63) is 80.2 Å². The third-order valence-corrected chi connectivity index (χ3v) is 7.30. The number of halogens is 1. The van der Waals surface area contributed by atoms with Gasteiger partial charge >= 0.3 is 0 Å². The summed E-state index contributed by atoms with van der Waals surface area (Å²) >= 11 is 7.64. The second-order valence-corrected chi connectivity index (χ2v) is 10.4. The van der Waals surface area contributed by atoms with Crippen molar-refractivity contribution in [2.75, 3.05) is 26.5 Å². The Kier molecular flexibility index (Phi) is 7.47. The number of ether oxygens (including phenoxy) is 1. The number of rotatable bonds is 7. The van der Waals surface area contributed by atoms with Crippen LogP contribution in [0.3, 0.4) is 0 Å². The molecule has 0 unspecified atom stereocenters. The molecule has 4 aromatic rings. The molecule has 198 valence electrons. The van der Waals surface area contributed by atoms with E-state index in [1.165, 1.54) is 11.9 Å². The molecule has 0 bridgehead atoms. The normalized spacial score (nSPS) is 13.5. The second-order valence-electron chi connectivity index (χ2n) is 9.37. The Morgan fingerprint density at radius 2 is 2.00 bits per heavy atom. The molecule has 0 fully saturated rings. The lowest BCUT2D eigenvalue weighted by Crippen LogP contribution is -2.37. The van der Waals surface area contributed by atoms with E-state index in [2.05, 4.69) is 14.7 Å². The first kappa shape index (κ1) is 26.3. The number of aryl methyl sites for hydroxylation is 2. The summed E-state index contributed by atoms with van der Waals surface area (Å²) < 4.78 is 12.3. The molecule has 0 radical (unpaired) electrons. The molecule has 0 atom stereocenters. The van der Waals surface area contributed by atoms with Gasteiger partial charge in [0.1, 0.15) is 23.9 Å². The van der Waals surface area contributed by atoms with Crippen LogP contribution < -0.4 is 15.0 Å². The first-order valence-corrected chi connectivity index (χ1v) is 13.9. The van der Waals surface area contributed by atoms with Crippen LogP contribution in [0, 0.1) is 13.8 Å². The largest absolute Gasteiger partial charge is 0.491 e. The molecular weight excluding hydrogens is 524 g/mol. The number of nitrogens with one attached hydrogen (secondary N) is 1. The van der Waals surface area contributed by atoms with Crippen molar-refractivity contribution >= 4 is 35.0 Å². The Bertz CT molecular complexity index is 1600. The molecule has 5 rings (SSSR count). The summed E-state index contributed by atoms with van der Waals surface area (Å²) in [5.41, 5.74) is 5.20. The zero-order chi connectivity index (χ0) is 27.0. The first-order valence-electron chi connectivity index (χ1n) is 12.3. The van der Waals surface area contributed by atoms with Crippen molar-refractivity contribution in [3.63, 3.8) is 0 Å². The molecule has 0 aliphatic carbocycles. The molecule has 1 amide bonds. The van der Waals surface area contributed by atoms with Gasteiger partial charge in [-0.2, -0.15) is 5.10 Å². The number of hydrogen-bond acceptors (Lipinski definition) is 7. The van der Waals surface area contributed by atoms with Crippen LogP contribution in [0.1, 0.15) is 33.3 Å². The molecule has 38 heavy (non-hydrogen) atoms. The summed E-state index contributed by atoms with van der Waals surface area (Å²) in [7, 11) is 2.01. The summed E-state index contributed by atoms with van der Waals surface area (Å²) in [4.78, 5) is 32.6. The Morgan fingerprint density at radius 1 is 1.18 bits per heavy atom. The first-order chi connectivity index (χ1) is 18.3. The number of carbonyl (C=O) groups excluding carboxylic acids is 1. The third kappa shape index (κ3) is 5.03. The fourth-order valence-corrected chi connectivity index (χ4v) is 5.32. The van der Waals surface area contributed by atoms with Gasteiger partial charge in [-0.15, -0.1) is 0 Å². The molecule has 0 saturated heterocycles. The van der Waals surface area contributed by atoms with Gasteiger partial charge in [0.2, 0.25) is 0 Å². The highest BCUT2D eigenvalue weighted by Gasteiger charge is 2.21. The highest BCUT2D eigenvalue weighted by atomic mass is 35.5. The molecule has 1 aliphatic rings. The van der Waals surface area contributed by atoms with E-state index in [9.17, 15) is 9.59 Å². The summed E-state index contributed by atoms with van der Waals surface area (Å²) in [5, 5.41) is 5.12. The van der Waals surface area contributed by atoms with Gasteiger partial charge in [-0.1, -0.05) is 23.5 Å². The van der Waals surface area contributed by atoms with E-state index in [1.54, 1.807) is 27.5 Å². The van der Waals surface area contributed by atoms with E-state index >= 15 is 0 Å². The van der Waals surface area contributed by atoms with Crippen LogP contribution in [0.15, 0.2) is 41.2 Å². The fraction of sp³-hybridized carbons (Fsp3) is 0.333. The second kappa shape index (κ2) is 10.8. The standard InChI is InChI=1S/C27H29ClN6O3S/c1-16-13-19(23-6-7-24(34(23)30-16)26(35)31-38-4)20-14-18(28)5-8-25(20)37-12-11-33-17(2)29-22-9-10-32(3)15-21(22)27(33)36/h5-8,13-14H,9-12,15H2,1-4H3,(H,31,35). The summed E-state index contributed by atoms with van der Waals surface area (Å²) in [5.74, 6) is 1.08. The van der Waals surface area contributed by atoms with E-state index in [1.807, 2.05) is 45.2 Å². The van der Waals surface area contributed by atoms with Gasteiger partial charge in [-0.05, 0) is 57.3 Å². The maximum absolute atomic E-state index is 13.2. The van der Waals surface area contributed by atoms with Gasteiger partial charge in [-0.25, -0.2) is 9.50 Å². The topological polar surface area (TPSA) is 93.8 Å². The summed E-state index contributed by atoms with van der Waals surface area (Å²) in [6.45, 7) is 5.88. The predicted octanol–water partition coefficient (Wildman–Crippen LogP) is 3.90. The third-order valence-electron chi connectivity index (χ3n) is 6.67. The molecule has 11 heteroatoms. The van der Waals surface area contributed by atoms with Crippen LogP contribution in [-0.2, 0) is 19.5 Å². The molecule has 1 aromatic carbocycles. The Balaban J connectivity index is 1.46.